The number of hydrogen-bond donors (Lipinski definition) is 1. The number of rotatable bonds is 7. The zero-order valence-corrected chi connectivity index (χ0v) is 13.0. The van der Waals surface area contributed by atoms with Crippen LogP contribution >= 0.6 is 0 Å². The highest BCUT2D eigenvalue weighted by atomic mass is 16.5. The first kappa shape index (κ1) is 16.4. The molecule has 0 radical (unpaired) electrons. The Morgan fingerprint density at radius 2 is 1.48 bits per heavy atom. The average Bonchev–Trinajstić information content (AvgIpc) is 2.58. The van der Waals surface area contributed by atoms with Crippen molar-refractivity contribution in [2.45, 2.75) is 0 Å². The minimum absolute atomic E-state index is 0.348. The van der Waals surface area contributed by atoms with E-state index in [1.54, 1.807) is 26.4 Å². The van der Waals surface area contributed by atoms with Gasteiger partial charge in [-0.25, -0.2) is 4.79 Å². The van der Waals surface area contributed by atoms with Crippen LogP contribution < -0.4 is 14.2 Å². The zero-order chi connectivity index (χ0) is 16.7. The minimum Gasteiger partial charge on any atom is -0.497 e. The van der Waals surface area contributed by atoms with E-state index in [4.69, 9.17) is 19.3 Å². The van der Waals surface area contributed by atoms with Crippen molar-refractivity contribution in [3.8, 4) is 17.2 Å². The van der Waals surface area contributed by atoms with Gasteiger partial charge in [-0.15, -0.1) is 0 Å². The van der Waals surface area contributed by atoms with E-state index >= 15 is 0 Å². The average molecular weight is 314 g/mol. The van der Waals surface area contributed by atoms with Crippen molar-refractivity contribution >= 4 is 18.1 Å². The van der Waals surface area contributed by atoms with Crippen LogP contribution in [0, 0.1) is 0 Å². The van der Waals surface area contributed by atoms with Crippen LogP contribution in [0.4, 0.5) is 0 Å². The second kappa shape index (κ2) is 7.89. The van der Waals surface area contributed by atoms with Gasteiger partial charge in [-0.05, 0) is 35.4 Å². The van der Waals surface area contributed by atoms with Gasteiger partial charge in [-0.1, -0.05) is 24.3 Å². The summed E-state index contributed by atoms with van der Waals surface area (Å²) in [6, 6.07) is 12.8. The maximum absolute atomic E-state index is 10.4. The highest BCUT2D eigenvalue weighted by molar-refractivity contribution is 5.71. The van der Waals surface area contributed by atoms with Crippen LogP contribution in [0.1, 0.15) is 11.1 Å². The molecule has 0 unspecified atom stereocenters. The van der Waals surface area contributed by atoms with Crippen LogP contribution in [-0.4, -0.2) is 31.9 Å². The Kier molecular flexibility index (Phi) is 5.63. The fourth-order valence-electron chi connectivity index (χ4n) is 1.94. The summed E-state index contributed by atoms with van der Waals surface area (Å²) in [5.41, 5.74) is 1.92. The normalized spacial score (nSPS) is 10.5. The Bertz CT molecular complexity index is 667. The lowest BCUT2D eigenvalue weighted by molar-refractivity contribution is -0.139. The number of ether oxygens (including phenoxy) is 3. The number of aliphatic carboxylic acids is 1. The van der Waals surface area contributed by atoms with Gasteiger partial charge in [-0.2, -0.15) is 0 Å². The number of methoxy groups -OCH3 is 2. The minimum atomic E-state index is -0.999. The molecule has 2 aromatic rings. The van der Waals surface area contributed by atoms with Crippen LogP contribution in [0.2, 0.25) is 0 Å². The maximum Gasteiger partial charge on any atom is 0.341 e. The number of carboxylic acids is 1. The summed E-state index contributed by atoms with van der Waals surface area (Å²) in [7, 11) is 3.22. The van der Waals surface area contributed by atoms with Crippen LogP contribution in [0.5, 0.6) is 17.2 Å². The predicted octanol–water partition coefficient (Wildman–Crippen LogP) is 3.34. The molecule has 23 heavy (non-hydrogen) atoms. The standard InChI is InChI=1S/C18H18O5/c1-21-16-9-14(10-17(11-16)22-2)4-3-13-5-7-15(8-6-13)23-12-18(19)20/h3-11H,12H2,1-2H3,(H,19,20). The third-order valence-corrected chi connectivity index (χ3v) is 3.08. The topological polar surface area (TPSA) is 65.0 Å². The number of hydrogen-bond acceptors (Lipinski definition) is 4. The Morgan fingerprint density at radius 1 is 0.913 bits per heavy atom. The van der Waals surface area contributed by atoms with Gasteiger partial charge in [-0.3, -0.25) is 0 Å². The first-order valence-electron chi connectivity index (χ1n) is 6.96. The lowest BCUT2D eigenvalue weighted by Gasteiger charge is -2.06. The third kappa shape index (κ3) is 5.07. The van der Waals surface area contributed by atoms with E-state index in [1.165, 1.54) is 0 Å². The molecular weight excluding hydrogens is 296 g/mol. The molecule has 0 fully saturated rings. The van der Waals surface area contributed by atoms with E-state index in [9.17, 15) is 4.79 Å². The Labute approximate surface area is 134 Å². The van der Waals surface area contributed by atoms with E-state index in [2.05, 4.69) is 0 Å². The molecule has 0 aromatic heterocycles. The molecule has 0 heterocycles. The molecule has 0 saturated carbocycles. The Morgan fingerprint density at radius 3 is 2.00 bits per heavy atom. The molecule has 1 N–H and O–H groups in total. The highest BCUT2D eigenvalue weighted by Crippen LogP contribution is 2.24. The van der Waals surface area contributed by atoms with Crippen LogP contribution in [-0.2, 0) is 4.79 Å². The maximum atomic E-state index is 10.4. The van der Waals surface area contributed by atoms with Crippen molar-refractivity contribution in [1.29, 1.82) is 0 Å². The lowest BCUT2D eigenvalue weighted by Crippen LogP contribution is -2.09. The van der Waals surface area contributed by atoms with Crippen molar-refractivity contribution in [2.75, 3.05) is 20.8 Å². The van der Waals surface area contributed by atoms with E-state index in [0.29, 0.717) is 5.75 Å². The molecule has 2 aromatic carbocycles. The molecule has 120 valence electrons. The van der Waals surface area contributed by atoms with Crippen molar-refractivity contribution in [2.24, 2.45) is 0 Å². The van der Waals surface area contributed by atoms with E-state index in [-0.39, 0.29) is 6.61 Å². The SMILES string of the molecule is COc1cc(C=Cc2ccc(OCC(=O)O)cc2)cc(OC)c1. The summed E-state index contributed by atoms with van der Waals surface area (Å²) in [6.45, 7) is -0.348. The van der Waals surface area contributed by atoms with Crippen molar-refractivity contribution in [3.05, 3.63) is 53.6 Å². The summed E-state index contributed by atoms with van der Waals surface area (Å²) in [5.74, 6) is 0.969. The fourth-order valence-corrected chi connectivity index (χ4v) is 1.94. The largest absolute Gasteiger partial charge is 0.497 e. The van der Waals surface area contributed by atoms with E-state index in [1.807, 2.05) is 42.5 Å². The number of carboxylic acid groups (broad SMARTS) is 1. The van der Waals surface area contributed by atoms with Gasteiger partial charge in [0.25, 0.3) is 0 Å². The van der Waals surface area contributed by atoms with Crippen molar-refractivity contribution in [1.82, 2.24) is 0 Å². The fraction of sp³-hybridized carbons (Fsp3) is 0.167. The van der Waals surface area contributed by atoms with Gasteiger partial charge in [0, 0.05) is 6.07 Å². The van der Waals surface area contributed by atoms with Crippen molar-refractivity contribution < 1.29 is 24.1 Å². The lowest BCUT2D eigenvalue weighted by atomic mass is 10.1. The monoisotopic (exact) mass is 314 g/mol. The highest BCUT2D eigenvalue weighted by Gasteiger charge is 2.00. The quantitative estimate of drug-likeness (QED) is 0.794. The Hall–Kier alpha value is -2.95. The second-order valence-corrected chi connectivity index (χ2v) is 4.73. The molecule has 0 aliphatic carbocycles. The molecule has 0 spiro atoms. The second-order valence-electron chi connectivity index (χ2n) is 4.73. The Balaban J connectivity index is 2.09. The predicted molar refractivity (Wildman–Crippen MR) is 88.0 cm³/mol. The van der Waals surface area contributed by atoms with Crippen molar-refractivity contribution in [3.63, 3.8) is 0 Å². The summed E-state index contributed by atoms with van der Waals surface area (Å²) in [5, 5.41) is 8.57. The van der Waals surface area contributed by atoms with Gasteiger partial charge in [0.15, 0.2) is 6.61 Å². The van der Waals surface area contributed by atoms with Gasteiger partial charge in [0.1, 0.15) is 17.2 Å². The molecule has 5 heteroatoms. The first-order chi connectivity index (χ1) is 11.1. The summed E-state index contributed by atoms with van der Waals surface area (Å²) in [6.07, 6.45) is 3.88. The number of carbonyl (C=O) groups is 1. The first-order valence-corrected chi connectivity index (χ1v) is 6.96. The van der Waals surface area contributed by atoms with Crippen LogP contribution in [0.3, 0.4) is 0 Å². The molecule has 0 aliphatic heterocycles. The van der Waals surface area contributed by atoms with Crippen LogP contribution in [0.15, 0.2) is 42.5 Å². The molecule has 2 rings (SSSR count). The van der Waals surface area contributed by atoms with Gasteiger partial charge < -0.3 is 19.3 Å². The number of benzene rings is 2. The third-order valence-electron chi connectivity index (χ3n) is 3.08. The molecule has 0 saturated heterocycles. The molecule has 0 aliphatic rings. The van der Waals surface area contributed by atoms with E-state index in [0.717, 1.165) is 22.6 Å². The molecule has 0 amide bonds. The molecule has 0 bridgehead atoms. The summed E-state index contributed by atoms with van der Waals surface area (Å²) >= 11 is 0. The smallest absolute Gasteiger partial charge is 0.341 e. The zero-order valence-electron chi connectivity index (χ0n) is 13.0. The van der Waals surface area contributed by atoms with Gasteiger partial charge >= 0.3 is 5.97 Å². The van der Waals surface area contributed by atoms with Crippen LogP contribution in [0.25, 0.3) is 12.2 Å². The summed E-state index contributed by atoms with van der Waals surface area (Å²) < 4.78 is 15.6. The van der Waals surface area contributed by atoms with E-state index < -0.39 is 5.97 Å². The molecule has 5 nitrogen and oxygen atoms in total. The van der Waals surface area contributed by atoms with Gasteiger partial charge in [0.05, 0.1) is 14.2 Å². The summed E-state index contributed by atoms with van der Waals surface area (Å²) in [4.78, 5) is 10.4. The molecular formula is C18H18O5. The molecule has 0 atom stereocenters. The van der Waals surface area contributed by atoms with Gasteiger partial charge in [0.2, 0.25) is 0 Å².